The largest absolute Gasteiger partial charge is 0.396 e. The van der Waals surface area contributed by atoms with Gasteiger partial charge in [-0.05, 0) is 19.4 Å². The molecule has 7 heteroatoms. The Hall–Kier alpha value is -1.21. The minimum atomic E-state index is -1.34. The Morgan fingerprint density at radius 2 is 2.25 bits per heavy atom. The van der Waals surface area contributed by atoms with Crippen molar-refractivity contribution in [2.75, 3.05) is 6.61 Å². The Bertz CT molecular complexity index is 643. The van der Waals surface area contributed by atoms with Crippen LogP contribution in [0.4, 0.5) is 0 Å². The number of halogens is 1. The zero-order chi connectivity index (χ0) is 14.5. The van der Waals surface area contributed by atoms with E-state index in [1.54, 1.807) is 23.8 Å². The van der Waals surface area contributed by atoms with Gasteiger partial charge in [0.15, 0.2) is 0 Å². The Kier molecular flexibility index (Phi) is 3.21. The van der Waals surface area contributed by atoms with Crippen molar-refractivity contribution in [3.63, 3.8) is 0 Å². The Balaban J connectivity index is 2.10. The lowest BCUT2D eigenvalue weighted by molar-refractivity contribution is -0.0776. The molecule has 0 unspecified atom stereocenters. The van der Waals surface area contributed by atoms with E-state index in [0.717, 1.165) is 0 Å². The van der Waals surface area contributed by atoms with Crippen LogP contribution in [0.1, 0.15) is 19.4 Å². The third-order valence-electron chi connectivity index (χ3n) is 4.28. The molecule has 0 radical (unpaired) electrons. The maximum absolute atomic E-state index is 10.6. The smallest absolute Gasteiger partial charge is 0.145 e. The number of aliphatic hydroxyl groups is 3. The van der Waals surface area contributed by atoms with Crippen LogP contribution in [0.5, 0.6) is 0 Å². The molecule has 0 amide bonds. The quantitative estimate of drug-likeness (QED) is 0.712. The Morgan fingerprint density at radius 1 is 1.50 bits per heavy atom. The highest BCUT2D eigenvalue weighted by molar-refractivity contribution is 6.33. The van der Waals surface area contributed by atoms with Crippen molar-refractivity contribution in [3.8, 4) is 0 Å². The second kappa shape index (κ2) is 4.66. The first-order valence-corrected chi connectivity index (χ1v) is 6.83. The molecule has 1 saturated carbocycles. The molecule has 2 heterocycles. The topological polar surface area (TPSA) is 91.4 Å². The van der Waals surface area contributed by atoms with E-state index in [2.05, 4.69) is 9.97 Å². The van der Waals surface area contributed by atoms with Crippen molar-refractivity contribution in [3.05, 3.63) is 23.7 Å². The molecule has 0 spiro atoms. The zero-order valence-corrected chi connectivity index (χ0v) is 11.7. The molecule has 4 atom stereocenters. The van der Waals surface area contributed by atoms with Crippen LogP contribution < -0.4 is 0 Å². The molecule has 3 N–H and O–H groups in total. The maximum Gasteiger partial charge on any atom is 0.145 e. The Labute approximate surface area is 120 Å². The van der Waals surface area contributed by atoms with Gasteiger partial charge in [-0.15, -0.1) is 0 Å². The van der Waals surface area contributed by atoms with Crippen LogP contribution in [0.2, 0.25) is 5.15 Å². The molecule has 20 heavy (non-hydrogen) atoms. The highest BCUT2D eigenvalue weighted by Gasteiger charge is 2.51. The number of hydrogen-bond acceptors (Lipinski definition) is 5. The highest BCUT2D eigenvalue weighted by atomic mass is 35.5. The van der Waals surface area contributed by atoms with E-state index in [1.165, 1.54) is 6.33 Å². The summed E-state index contributed by atoms with van der Waals surface area (Å²) in [5.74, 6) is -0.357. The van der Waals surface area contributed by atoms with Gasteiger partial charge in [0.25, 0.3) is 0 Å². The molecule has 0 bridgehead atoms. The van der Waals surface area contributed by atoms with Crippen molar-refractivity contribution < 1.29 is 15.3 Å². The van der Waals surface area contributed by atoms with Gasteiger partial charge in [0.2, 0.25) is 0 Å². The first kappa shape index (κ1) is 13.8. The van der Waals surface area contributed by atoms with Crippen molar-refractivity contribution in [1.29, 1.82) is 0 Å². The first-order valence-electron chi connectivity index (χ1n) is 6.45. The fourth-order valence-corrected chi connectivity index (χ4v) is 3.28. The van der Waals surface area contributed by atoms with E-state index in [9.17, 15) is 15.3 Å². The minimum absolute atomic E-state index is 0.164. The van der Waals surface area contributed by atoms with E-state index in [0.29, 0.717) is 22.6 Å². The lowest BCUT2D eigenvalue weighted by atomic mass is 9.96. The van der Waals surface area contributed by atoms with Crippen molar-refractivity contribution in [1.82, 2.24) is 14.5 Å². The number of aromatic nitrogens is 3. The number of nitrogens with zero attached hydrogens (tertiary/aromatic N) is 3. The summed E-state index contributed by atoms with van der Waals surface area (Å²) in [6.07, 6.45) is 2.63. The van der Waals surface area contributed by atoms with E-state index in [1.807, 2.05) is 0 Å². The summed E-state index contributed by atoms with van der Waals surface area (Å²) in [6.45, 7) is 1.41. The summed E-state index contributed by atoms with van der Waals surface area (Å²) in [5.41, 5.74) is -0.724. The number of aliphatic hydroxyl groups excluding tert-OH is 2. The monoisotopic (exact) mass is 297 g/mol. The summed E-state index contributed by atoms with van der Waals surface area (Å²) in [5, 5.41) is 31.1. The fraction of sp³-hybridized carbons (Fsp3) is 0.538. The Morgan fingerprint density at radius 3 is 2.90 bits per heavy atom. The van der Waals surface area contributed by atoms with Gasteiger partial charge in [-0.25, -0.2) is 9.97 Å². The maximum atomic E-state index is 10.6. The van der Waals surface area contributed by atoms with Crippen LogP contribution in [0, 0.1) is 5.92 Å². The van der Waals surface area contributed by atoms with Crippen LogP contribution in [-0.4, -0.2) is 48.2 Å². The van der Waals surface area contributed by atoms with Gasteiger partial charge >= 0.3 is 0 Å². The summed E-state index contributed by atoms with van der Waals surface area (Å²) in [7, 11) is 0. The van der Waals surface area contributed by atoms with Crippen LogP contribution in [0.25, 0.3) is 11.0 Å². The predicted molar refractivity (Wildman–Crippen MR) is 73.4 cm³/mol. The summed E-state index contributed by atoms with van der Waals surface area (Å²) in [4.78, 5) is 8.12. The van der Waals surface area contributed by atoms with Crippen LogP contribution >= 0.6 is 11.6 Å². The second-order valence-electron chi connectivity index (χ2n) is 5.49. The molecule has 2 aromatic heterocycles. The molecule has 6 nitrogen and oxygen atoms in total. The molecule has 108 valence electrons. The summed E-state index contributed by atoms with van der Waals surface area (Å²) < 4.78 is 1.79. The fourth-order valence-electron chi connectivity index (χ4n) is 3.09. The van der Waals surface area contributed by atoms with Crippen molar-refractivity contribution in [2.45, 2.75) is 31.1 Å². The standard InChI is InChI=1S/C13H16ClN3O3/c1-13(20)9(4-7(5-18)10(13)19)17-3-2-8-11(14)15-6-16-12(8)17/h2-3,6-7,9-10,18-20H,4-5H2,1H3/t7-,9-,10-,13+/m1/s1. The van der Waals surface area contributed by atoms with Crippen molar-refractivity contribution in [2.24, 2.45) is 5.92 Å². The van der Waals surface area contributed by atoms with Crippen LogP contribution in [-0.2, 0) is 0 Å². The lowest BCUT2D eigenvalue weighted by Gasteiger charge is -2.30. The molecule has 1 aliphatic carbocycles. The van der Waals surface area contributed by atoms with Gasteiger partial charge in [0, 0.05) is 18.7 Å². The first-order chi connectivity index (χ1) is 9.46. The molecule has 2 aromatic rings. The van der Waals surface area contributed by atoms with Crippen LogP contribution in [0.15, 0.2) is 18.6 Å². The van der Waals surface area contributed by atoms with Gasteiger partial charge < -0.3 is 19.9 Å². The SMILES string of the molecule is C[C@@]1(O)[C@H](O)[C@@H](CO)C[C@H]1n1ccc2c(Cl)ncnc21. The average Bonchev–Trinajstić information content (AvgIpc) is 2.92. The molecular weight excluding hydrogens is 282 g/mol. The lowest BCUT2D eigenvalue weighted by Crippen LogP contribution is -2.42. The number of fused-ring (bicyclic) bond motifs is 1. The predicted octanol–water partition coefficient (Wildman–Crippen LogP) is 0.750. The van der Waals surface area contributed by atoms with Gasteiger partial charge in [-0.1, -0.05) is 11.6 Å². The number of rotatable bonds is 2. The summed E-state index contributed by atoms with van der Waals surface area (Å²) >= 11 is 6.02. The molecule has 3 rings (SSSR count). The van der Waals surface area contributed by atoms with Gasteiger partial charge in [0.1, 0.15) is 22.7 Å². The zero-order valence-electron chi connectivity index (χ0n) is 10.9. The molecule has 0 saturated heterocycles. The molecular formula is C13H16ClN3O3. The second-order valence-corrected chi connectivity index (χ2v) is 5.85. The van der Waals surface area contributed by atoms with E-state index in [-0.39, 0.29) is 18.6 Å². The normalized spacial score (nSPS) is 34.0. The van der Waals surface area contributed by atoms with E-state index >= 15 is 0 Å². The van der Waals surface area contributed by atoms with Gasteiger partial charge in [-0.3, -0.25) is 0 Å². The van der Waals surface area contributed by atoms with E-state index in [4.69, 9.17) is 11.6 Å². The molecule has 1 aliphatic rings. The molecule has 0 aromatic carbocycles. The highest BCUT2D eigenvalue weighted by Crippen LogP contribution is 2.44. The third kappa shape index (κ3) is 1.83. The average molecular weight is 298 g/mol. The third-order valence-corrected chi connectivity index (χ3v) is 4.58. The molecule has 0 aliphatic heterocycles. The van der Waals surface area contributed by atoms with Gasteiger partial charge in [-0.2, -0.15) is 0 Å². The van der Waals surface area contributed by atoms with Gasteiger partial charge in [0.05, 0.1) is 17.5 Å². The minimum Gasteiger partial charge on any atom is -0.396 e. The van der Waals surface area contributed by atoms with Crippen LogP contribution in [0.3, 0.4) is 0 Å². The van der Waals surface area contributed by atoms with E-state index < -0.39 is 11.7 Å². The molecule has 1 fully saturated rings. The summed E-state index contributed by atoms with van der Waals surface area (Å²) in [6, 6.07) is 1.41. The van der Waals surface area contributed by atoms with Crippen molar-refractivity contribution >= 4 is 22.6 Å². The number of hydrogen-bond donors (Lipinski definition) is 3.